The fourth-order valence-electron chi connectivity index (χ4n) is 2.40. The van der Waals surface area contributed by atoms with Gasteiger partial charge in [-0.25, -0.2) is 0 Å². The number of ether oxygens (including phenoxy) is 3. The number of hydrogen-bond donors (Lipinski definition) is 1. The highest BCUT2D eigenvalue weighted by atomic mass is 35.5. The van der Waals surface area contributed by atoms with Crippen molar-refractivity contribution in [1.29, 1.82) is 0 Å². The third-order valence-corrected chi connectivity index (χ3v) is 4.67. The van der Waals surface area contributed by atoms with E-state index >= 15 is 0 Å². The minimum atomic E-state index is -2.92. The first-order valence-corrected chi connectivity index (χ1v) is 8.72. The number of aromatic amines is 1. The molecule has 3 aromatic rings. The predicted molar refractivity (Wildman–Crippen MR) is 97.4 cm³/mol. The molecule has 3 rings (SSSR count). The molecule has 0 unspecified atom stereocenters. The van der Waals surface area contributed by atoms with Gasteiger partial charge in [0, 0.05) is 29.5 Å². The van der Waals surface area contributed by atoms with Gasteiger partial charge in [0.25, 0.3) is 0 Å². The van der Waals surface area contributed by atoms with Gasteiger partial charge < -0.3 is 18.8 Å². The van der Waals surface area contributed by atoms with E-state index in [0.717, 1.165) is 0 Å². The summed E-state index contributed by atoms with van der Waals surface area (Å²) in [7, 11) is 2.97. The van der Waals surface area contributed by atoms with E-state index in [4.69, 9.17) is 9.47 Å². The Morgan fingerprint density at radius 3 is 2.67 bits per heavy atom. The van der Waals surface area contributed by atoms with E-state index in [0.29, 0.717) is 28.2 Å². The zero-order valence-electron chi connectivity index (χ0n) is 14.3. The number of rotatable bonds is 7. The molecule has 0 saturated carbocycles. The minimum Gasteiger partial charge on any atom is -0.609 e. The Labute approximate surface area is 162 Å². The van der Waals surface area contributed by atoms with Crippen molar-refractivity contribution in [1.82, 2.24) is 15.0 Å². The van der Waals surface area contributed by atoms with Crippen molar-refractivity contribution < 1.29 is 27.5 Å². The normalized spacial score (nSPS) is 11.9. The van der Waals surface area contributed by atoms with Gasteiger partial charge >= 0.3 is 11.8 Å². The largest absolute Gasteiger partial charge is 0.609 e. The van der Waals surface area contributed by atoms with Gasteiger partial charge in [-0.05, 0) is 12.1 Å². The van der Waals surface area contributed by atoms with Crippen LogP contribution in [-0.2, 0) is 16.9 Å². The van der Waals surface area contributed by atoms with E-state index in [1.165, 1.54) is 38.6 Å². The number of alkyl halides is 2. The number of H-pyrrole nitrogens is 1. The highest BCUT2D eigenvalue weighted by molar-refractivity contribution is 7.90. The highest BCUT2D eigenvalue weighted by Gasteiger charge is 2.22. The molecule has 0 bridgehead atoms. The summed E-state index contributed by atoms with van der Waals surface area (Å²) in [6.07, 6.45) is 1.53. The van der Waals surface area contributed by atoms with Crippen LogP contribution in [0, 0.1) is 0 Å². The second-order valence-corrected chi connectivity index (χ2v) is 6.45. The van der Waals surface area contributed by atoms with E-state index < -0.39 is 17.8 Å². The SMILES string of the molecule is COc1ccnc(C[S@+]([O-])c2nc3ccc(OC(F)F)cc3[nH]2)c1OC.Cl. The van der Waals surface area contributed by atoms with E-state index in [1.54, 1.807) is 6.07 Å². The Kier molecular flexibility index (Phi) is 7.05. The number of fused-ring (bicyclic) bond motifs is 1. The van der Waals surface area contributed by atoms with Crippen LogP contribution in [0.25, 0.3) is 11.0 Å². The summed E-state index contributed by atoms with van der Waals surface area (Å²) in [4.78, 5) is 11.3. The molecule has 1 N–H and O–H groups in total. The van der Waals surface area contributed by atoms with Gasteiger partial charge in [0.05, 0.1) is 25.3 Å². The van der Waals surface area contributed by atoms with Crippen molar-refractivity contribution in [2.75, 3.05) is 14.2 Å². The first-order chi connectivity index (χ1) is 12.5. The van der Waals surface area contributed by atoms with E-state index in [9.17, 15) is 13.3 Å². The van der Waals surface area contributed by atoms with Crippen LogP contribution >= 0.6 is 12.4 Å². The van der Waals surface area contributed by atoms with Gasteiger partial charge in [-0.2, -0.15) is 13.8 Å². The highest BCUT2D eigenvalue weighted by Crippen LogP contribution is 2.31. The van der Waals surface area contributed by atoms with Crippen LogP contribution < -0.4 is 14.2 Å². The number of hydrogen-bond acceptors (Lipinski definition) is 6. The van der Waals surface area contributed by atoms with Crippen LogP contribution in [0.2, 0.25) is 0 Å². The molecular formula is C16H16ClF2N3O4S. The number of nitrogens with zero attached hydrogens (tertiary/aromatic N) is 2. The predicted octanol–water partition coefficient (Wildman–Crippen LogP) is 3.31. The minimum absolute atomic E-state index is 0. The monoisotopic (exact) mass is 419 g/mol. The number of aromatic nitrogens is 3. The molecule has 0 amide bonds. The summed E-state index contributed by atoms with van der Waals surface area (Å²) in [6.45, 7) is -2.92. The van der Waals surface area contributed by atoms with Gasteiger partial charge in [-0.15, -0.1) is 12.4 Å². The summed E-state index contributed by atoms with van der Waals surface area (Å²) >= 11 is -1.56. The van der Waals surface area contributed by atoms with Crippen molar-refractivity contribution in [2.24, 2.45) is 0 Å². The third-order valence-electron chi connectivity index (χ3n) is 3.51. The second-order valence-electron chi connectivity index (χ2n) is 5.08. The zero-order chi connectivity index (χ0) is 18.7. The lowest BCUT2D eigenvalue weighted by Gasteiger charge is -2.12. The maximum absolute atomic E-state index is 12.6. The van der Waals surface area contributed by atoms with E-state index in [1.807, 2.05) is 0 Å². The Balaban J connectivity index is 0.00000261. The quantitative estimate of drug-likeness (QED) is 0.591. The maximum atomic E-state index is 12.6. The van der Waals surface area contributed by atoms with Gasteiger partial charge in [0.15, 0.2) is 17.3 Å². The first kappa shape index (κ1) is 21.0. The molecule has 0 aliphatic heterocycles. The Bertz CT molecular complexity index is 913. The second kappa shape index (κ2) is 9.07. The molecule has 1 aromatic carbocycles. The van der Waals surface area contributed by atoms with E-state index in [2.05, 4.69) is 19.7 Å². The van der Waals surface area contributed by atoms with Crippen LogP contribution in [0.4, 0.5) is 8.78 Å². The van der Waals surface area contributed by atoms with Crippen molar-refractivity contribution in [2.45, 2.75) is 17.5 Å². The molecule has 0 aliphatic carbocycles. The maximum Gasteiger partial charge on any atom is 0.387 e. The Morgan fingerprint density at radius 1 is 1.22 bits per heavy atom. The van der Waals surface area contributed by atoms with Crippen LogP contribution in [-0.4, -0.2) is 40.3 Å². The molecule has 11 heteroatoms. The summed E-state index contributed by atoms with van der Waals surface area (Å²) in [6, 6.07) is 5.89. The molecular weight excluding hydrogens is 404 g/mol. The Morgan fingerprint density at radius 2 is 2.00 bits per heavy atom. The standard InChI is InChI=1S/C16H15F2N3O4S.ClH/c1-23-13-5-6-19-12(14(13)24-2)8-26(22)16-20-10-4-3-9(25-15(17)18)7-11(10)21-16;/h3-7,15H,8H2,1-2H3,(H,20,21);1H/t26-;/m0./s1. The van der Waals surface area contributed by atoms with Crippen molar-refractivity contribution in [3.63, 3.8) is 0 Å². The van der Waals surface area contributed by atoms with Crippen LogP contribution in [0.3, 0.4) is 0 Å². The molecule has 0 fully saturated rings. The summed E-state index contributed by atoms with van der Waals surface area (Å²) in [5.41, 5.74) is 1.38. The first-order valence-electron chi connectivity index (χ1n) is 7.40. The fraction of sp³-hybridized carbons (Fsp3) is 0.250. The zero-order valence-corrected chi connectivity index (χ0v) is 15.9. The lowest BCUT2D eigenvalue weighted by Crippen LogP contribution is -2.10. The number of pyridine rings is 1. The van der Waals surface area contributed by atoms with Crippen molar-refractivity contribution in [3.8, 4) is 17.2 Å². The molecule has 0 saturated heterocycles. The third kappa shape index (κ3) is 4.71. The average molecular weight is 420 g/mol. The lowest BCUT2D eigenvalue weighted by atomic mass is 10.3. The van der Waals surface area contributed by atoms with Gasteiger partial charge in [0.1, 0.15) is 11.4 Å². The van der Waals surface area contributed by atoms with Gasteiger partial charge in [-0.3, -0.25) is 9.97 Å². The summed E-state index contributed by atoms with van der Waals surface area (Å²) in [5, 5.41) is 0.195. The summed E-state index contributed by atoms with van der Waals surface area (Å²) in [5.74, 6) is 0.908. The molecule has 146 valence electrons. The number of halogens is 3. The van der Waals surface area contributed by atoms with Crippen LogP contribution in [0.5, 0.6) is 17.2 Å². The molecule has 2 aromatic heterocycles. The lowest BCUT2D eigenvalue weighted by molar-refractivity contribution is -0.0497. The molecule has 0 spiro atoms. The molecule has 1 atom stereocenters. The van der Waals surface area contributed by atoms with Crippen LogP contribution in [0.15, 0.2) is 35.6 Å². The number of methoxy groups -OCH3 is 2. The molecule has 0 radical (unpaired) electrons. The van der Waals surface area contributed by atoms with Gasteiger partial charge in [0.2, 0.25) is 0 Å². The molecule has 27 heavy (non-hydrogen) atoms. The van der Waals surface area contributed by atoms with Gasteiger partial charge in [-0.1, -0.05) is 0 Å². The number of imidazole rings is 1. The topological polar surface area (TPSA) is 92.3 Å². The molecule has 7 nitrogen and oxygen atoms in total. The fourth-order valence-corrected chi connectivity index (χ4v) is 3.41. The summed E-state index contributed by atoms with van der Waals surface area (Å²) < 4.78 is 52.1. The van der Waals surface area contributed by atoms with Crippen LogP contribution in [0.1, 0.15) is 5.69 Å². The number of benzene rings is 1. The van der Waals surface area contributed by atoms with Crippen molar-refractivity contribution in [3.05, 3.63) is 36.2 Å². The smallest absolute Gasteiger partial charge is 0.387 e. The average Bonchev–Trinajstić information content (AvgIpc) is 3.04. The molecule has 2 heterocycles. The molecule has 0 aliphatic rings. The van der Waals surface area contributed by atoms with Crippen molar-refractivity contribution >= 4 is 34.6 Å². The Hall–Kier alpha value is -2.30. The van der Waals surface area contributed by atoms with E-state index in [-0.39, 0.29) is 29.1 Å². The number of nitrogens with one attached hydrogen (secondary N) is 1.